The summed E-state index contributed by atoms with van der Waals surface area (Å²) < 4.78 is 4.91. The maximum atomic E-state index is 13.6. The minimum Gasteiger partial charge on any atom is -0.445 e. The standard InChI is InChI=1S/C34H40N2O4/c1-2-24-40-33(38)36-23-22-31(35)32(37)29-16-10-11-17-30(29)34(39,27-14-8-5-9-15-27)28-20-18-26(19-21-28)25-12-6-3-4-7-13-25/h2,5,8-11,14-21,25,31,39H,1,3-4,6-7,12-13,22-24,35H2,(H,36,38). The topological polar surface area (TPSA) is 102 Å². The van der Waals surface area contributed by atoms with Crippen molar-refractivity contribution in [3.8, 4) is 0 Å². The molecule has 1 fully saturated rings. The number of carbonyl (C=O) groups is 2. The van der Waals surface area contributed by atoms with Crippen LogP contribution in [-0.2, 0) is 10.3 Å². The Kier molecular flexibility index (Phi) is 10.3. The van der Waals surface area contributed by atoms with Crippen LogP contribution in [0.1, 0.15) is 83.5 Å². The zero-order chi connectivity index (χ0) is 28.4. The minimum atomic E-state index is -1.57. The van der Waals surface area contributed by atoms with Crippen molar-refractivity contribution in [3.05, 3.63) is 119 Å². The molecule has 210 valence electrons. The Balaban J connectivity index is 1.64. The summed E-state index contributed by atoms with van der Waals surface area (Å²) in [5.41, 5.74) is 8.21. The van der Waals surface area contributed by atoms with Gasteiger partial charge in [0.25, 0.3) is 0 Å². The van der Waals surface area contributed by atoms with Gasteiger partial charge in [0.1, 0.15) is 12.2 Å². The zero-order valence-corrected chi connectivity index (χ0v) is 23.1. The van der Waals surface area contributed by atoms with Gasteiger partial charge in [0.2, 0.25) is 0 Å². The molecule has 6 heteroatoms. The first-order chi connectivity index (χ1) is 19.4. The van der Waals surface area contributed by atoms with Crippen LogP contribution in [0.2, 0.25) is 0 Å². The lowest BCUT2D eigenvalue weighted by molar-refractivity contribution is 0.0933. The Bertz CT molecular complexity index is 1270. The lowest BCUT2D eigenvalue weighted by Gasteiger charge is -2.32. The smallest absolute Gasteiger partial charge is 0.407 e. The van der Waals surface area contributed by atoms with Crippen molar-refractivity contribution in [2.75, 3.05) is 13.2 Å². The molecule has 3 aromatic rings. The first kappa shape index (κ1) is 29.2. The molecular formula is C34H40N2O4. The van der Waals surface area contributed by atoms with Gasteiger partial charge >= 0.3 is 6.09 Å². The molecule has 1 aliphatic rings. The third-order valence-corrected chi connectivity index (χ3v) is 7.82. The molecule has 1 aliphatic carbocycles. The van der Waals surface area contributed by atoms with Gasteiger partial charge in [-0.25, -0.2) is 4.79 Å². The van der Waals surface area contributed by atoms with Gasteiger partial charge in [0.15, 0.2) is 5.78 Å². The fraction of sp³-hybridized carbons (Fsp3) is 0.353. The summed E-state index contributed by atoms with van der Waals surface area (Å²) in [6.07, 6.45) is 8.58. The van der Waals surface area contributed by atoms with Crippen LogP contribution in [0.25, 0.3) is 0 Å². The molecule has 4 N–H and O–H groups in total. The molecule has 0 aromatic heterocycles. The number of ether oxygens (including phenoxy) is 1. The third kappa shape index (κ3) is 6.87. The van der Waals surface area contributed by atoms with E-state index in [0.717, 1.165) is 0 Å². The summed E-state index contributed by atoms with van der Waals surface area (Å²) in [4.78, 5) is 25.3. The minimum absolute atomic E-state index is 0.101. The Morgan fingerprint density at radius 1 is 0.950 bits per heavy atom. The Morgan fingerprint density at radius 2 is 1.57 bits per heavy atom. The van der Waals surface area contributed by atoms with E-state index < -0.39 is 17.7 Å². The van der Waals surface area contributed by atoms with Gasteiger partial charge in [-0.1, -0.05) is 117 Å². The predicted octanol–water partition coefficient (Wildman–Crippen LogP) is 6.22. The van der Waals surface area contributed by atoms with E-state index in [-0.39, 0.29) is 25.4 Å². The number of alkyl carbamates (subject to hydrolysis) is 1. The van der Waals surface area contributed by atoms with Crippen LogP contribution >= 0.6 is 0 Å². The van der Waals surface area contributed by atoms with Crippen molar-refractivity contribution in [1.82, 2.24) is 5.32 Å². The van der Waals surface area contributed by atoms with Gasteiger partial charge in [0, 0.05) is 17.7 Å². The number of nitrogens with one attached hydrogen (secondary N) is 1. The molecule has 4 rings (SSSR count). The number of carbonyl (C=O) groups excluding carboxylic acids is 2. The number of hydrogen-bond acceptors (Lipinski definition) is 5. The third-order valence-electron chi connectivity index (χ3n) is 7.82. The van der Waals surface area contributed by atoms with Gasteiger partial charge in [-0.05, 0) is 41.9 Å². The number of ketones is 1. The van der Waals surface area contributed by atoms with Crippen LogP contribution in [0.5, 0.6) is 0 Å². The highest BCUT2D eigenvalue weighted by molar-refractivity contribution is 6.01. The van der Waals surface area contributed by atoms with Crippen molar-refractivity contribution in [2.24, 2.45) is 5.73 Å². The first-order valence-corrected chi connectivity index (χ1v) is 14.2. The van der Waals surface area contributed by atoms with Gasteiger partial charge in [-0.3, -0.25) is 4.79 Å². The summed E-state index contributed by atoms with van der Waals surface area (Å²) in [6, 6.07) is 23.9. The fourth-order valence-electron chi connectivity index (χ4n) is 5.63. The summed E-state index contributed by atoms with van der Waals surface area (Å²) in [7, 11) is 0. The van der Waals surface area contributed by atoms with Crippen LogP contribution in [0, 0.1) is 0 Å². The van der Waals surface area contributed by atoms with E-state index in [1.165, 1.54) is 50.2 Å². The molecule has 0 heterocycles. The Labute approximate surface area is 237 Å². The number of Topliss-reactive ketones (excluding diaryl/α,β-unsaturated/α-hetero) is 1. The molecule has 0 radical (unpaired) electrons. The van der Waals surface area contributed by atoms with Crippen LogP contribution in [0.3, 0.4) is 0 Å². The Hall–Kier alpha value is -3.74. The number of rotatable bonds is 11. The van der Waals surface area contributed by atoms with Gasteiger partial charge in [-0.15, -0.1) is 0 Å². The number of aliphatic hydroxyl groups is 1. The quantitative estimate of drug-likeness (QED) is 0.116. The maximum Gasteiger partial charge on any atom is 0.407 e. The second kappa shape index (κ2) is 14.1. The van der Waals surface area contributed by atoms with Crippen molar-refractivity contribution < 1.29 is 19.4 Å². The van der Waals surface area contributed by atoms with Gasteiger partial charge < -0.3 is 20.9 Å². The van der Waals surface area contributed by atoms with Crippen LogP contribution < -0.4 is 11.1 Å². The van der Waals surface area contributed by atoms with Gasteiger partial charge in [-0.2, -0.15) is 0 Å². The van der Waals surface area contributed by atoms with E-state index in [9.17, 15) is 14.7 Å². The number of nitrogens with two attached hydrogens (primary N) is 1. The summed E-state index contributed by atoms with van der Waals surface area (Å²) in [5, 5.41) is 15.1. The molecule has 40 heavy (non-hydrogen) atoms. The van der Waals surface area contributed by atoms with E-state index in [4.69, 9.17) is 10.5 Å². The summed E-state index contributed by atoms with van der Waals surface area (Å²) in [6.45, 7) is 3.79. The molecule has 0 saturated heterocycles. The van der Waals surface area contributed by atoms with E-state index in [2.05, 4.69) is 24.0 Å². The highest BCUT2D eigenvalue weighted by Crippen LogP contribution is 2.40. The summed E-state index contributed by atoms with van der Waals surface area (Å²) >= 11 is 0. The monoisotopic (exact) mass is 540 g/mol. The molecule has 2 unspecified atom stereocenters. The number of amides is 1. The molecule has 0 bridgehead atoms. The zero-order valence-electron chi connectivity index (χ0n) is 23.1. The van der Waals surface area contributed by atoms with E-state index in [1.807, 2.05) is 48.5 Å². The molecule has 2 atom stereocenters. The normalized spacial score (nSPS) is 16.2. The molecule has 3 aromatic carbocycles. The number of hydrogen-bond donors (Lipinski definition) is 3. The van der Waals surface area contributed by atoms with E-state index in [0.29, 0.717) is 28.2 Å². The average Bonchev–Trinajstić information content (AvgIpc) is 3.29. The van der Waals surface area contributed by atoms with Gasteiger partial charge in [0.05, 0.1) is 6.04 Å². The van der Waals surface area contributed by atoms with Crippen LogP contribution in [-0.4, -0.2) is 36.2 Å². The van der Waals surface area contributed by atoms with E-state index >= 15 is 0 Å². The molecule has 1 saturated carbocycles. The second-order valence-corrected chi connectivity index (χ2v) is 10.5. The lowest BCUT2D eigenvalue weighted by atomic mass is 9.76. The molecular weight excluding hydrogens is 500 g/mol. The largest absolute Gasteiger partial charge is 0.445 e. The molecule has 0 spiro atoms. The first-order valence-electron chi connectivity index (χ1n) is 14.2. The van der Waals surface area contributed by atoms with Crippen LogP contribution in [0.4, 0.5) is 4.79 Å². The maximum absolute atomic E-state index is 13.6. The van der Waals surface area contributed by atoms with Crippen LogP contribution in [0.15, 0.2) is 91.5 Å². The summed E-state index contributed by atoms with van der Waals surface area (Å²) in [5.74, 6) is 0.234. The number of benzene rings is 3. The van der Waals surface area contributed by atoms with E-state index in [1.54, 1.807) is 18.2 Å². The van der Waals surface area contributed by atoms with Crippen molar-refractivity contribution in [3.63, 3.8) is 0 Å². The van der Waals surface area contributed by atoms with Crippen molar-refractivity contribution >= 4 is 11.9 Å². The Morgan fingerprint density at radius 3 is 2.25 bits per heavy atom. The average molecular weight is 541 g/mol. The van der Waals surface area contributed by atoms with Crippen molar-refractivity contribution in [2.45, 2.75) is 62.5 Å². The lowest BCUT2D eigenvalue weighted by Crippen LogP contribution is -2.38. The second-order valence-electron chi connectivity index (χ2n) is 10.5. The molecule has 1 amide bonds. The highest BCUT2D eigenvalue weighted by atomic mass is 16.5. The molecule has 6 nitrogen and oxygen atoms in total. The highest BCUT2D eigenvalue weighted by Gasteiger charge is 2.37. The van der Waals surface area contributed by atoms with Crippen molar-refractivity contribution in [1.29, 1.82) is 0 Å². The molecule has 0 aliphatic heterocycles. The predicted molar refractivity (Wildman–Crippen MR) is 158 cm³/mol. The fourth-order valence-corrected chi connectivity index (χ4v) is 5.63. The SMILES string of the molecule is C=CCOC(=O)NCCC(N)C(=O)c1ccccc1C(O)(c1ccccc1)c1ccc(C2CCCCCC2)cc1.